The fourth-order valence-electron chi connectivity index (χ4n) is 2.82. The fraction of sp³-hybridized carbons (Fsp3) is 0.316. The summed E-state index contributed by atoms with van der Waals surface area (Å²) < 4.78 is 3.50. The normalized spacial score (nSPS) is 12.2. The van der Waals surface area contributed by atoms with Gasteiger partial charge in [0, 0.05) is 38.6 Å². The average molecular weight is 337 g/mol. The minimum absolute atomic E-state index is 0.0274. The van der Waals surface area contributed by atoms with Gasteiger partial charge in [0.15, 0.2) is 0 Å². The van der Waals surface area contributed by atoms with Gasteiger partial charge in [-0.25, -0.2) is 0 Å². The zero-order valence-corrected chi connectivity index (χ0v) is 15.0. The zero-order valence-electron chi connectivity index (χ0n) is 15.0. The summed E-state index contributed by atoms with van der Waals surface area (Å²) in [5.41, 5.74) is 3.22. The van der Waals surface area contributed by atoms with Crippen LogP contribution in [0.4, 0.5) is 0 Å². The summed E-state index contributed by atoms with van der Waals surface area (Å²) in [5, 5.41) is 8.76. The molecular formula is C19H23N5O. The lowest BCUT2D eigenvalue weighted by molar-refractivity contribution is 0.0743. The number of carbonyl (C=O) groups is 1. The molecule has 0 spiro atoms. The average Bonchev–Trinajstić information content (AvgIpc) is 3.26. The molecule has 3 rings (SSSR count). The van der Waals surface area contributed by atoms with Crippen molar-refractivity contribution in [3.05, 3.63) is 60.0 Å². The van der Waals surface area contributed by atoms with Crippen molar-refractivity contribution < 1.29 is 4.79 Å². The minimum atomic E-state index is -0.0464. The molecule has 6 nitrogen and oxygen atoms in total. The molecule has 0 bridgehead atoms. The first-order valence-corrected chi connectivity index (χ1v) is 8.39. The quantitative estimate of drug-likeness (QED) is 0.719. The first-order valence-electron chi connectivity index (χ1n) is 8.39. The zero-order chi connectivity index (χ0) is 18.0. The molecule has 0 radical (unpaired) electrons. The molecule has 0 aliphatic rings. The number of amides is 1. The smallest absolute Gasteiger partial charge is 0.257 e. The second kappa shape index (κ2) is 6.93. The Bertz CT molecular complexity index is 865. The van der Waals surface area contributed by atoms with Crippen LogP contribution in [0.3, 0.4) is 0 Å². The summed E-state index contributed by atoms with van der Waals surface area (Å²) in [5.74, 6) is -0.0464. The van der Waals surface area contributed by atoms with Crippen molar-refractivity contribution in [3.63, 3.8) is 0 Å². The van der Waals surface area contributed by atoms with Gasteiger partial charge in [-0.2, -0.15) is 10.2 Å². The molecule has 0 saturated carbocycles. The molecule has 3 aromatic rings. The van der Waals surface area contributed by atoms with Gasteiger partial charge in [0.1, 0.15) is 5.69 Å². The van der Waals surface area contributed by atoms with Crippen LogP contribution in [0.1, 0.15) is 35.8 Å². The first-order chi connectivity index (χ1) is 12.0. The van der Waals surface area contributed by atoms with Crippen LogP contribution in [0.5, 0.6) is 0 Å². The van der Waals surface area contributed by atoms with Crippen LogP contribution in [-0.2, 0) is 13.6 Å². The SMILES string of the molecule is CCn1cc(C(=O)N(C)[C@@H](C)c2ccccc2)c(-c2cnn(C)c2)n1. The van der Waals surface area contributed by atoms with Crippen LogP contribution in [-0.4, -0.2) is 37.4 Å². The molecule has 0 unspecified atom stereocenters. The maximum Gasteiger partial charge on any atom is 0.257 e. The van der Waals surface area contributed by atoms with E-state index in [4.69, 9.17) is 0 Å². The van der Waals surface area contributed by atoms with Crippen molar-refractivity contribution in [1.82, 2.24) is 24.5 Å². The fourth-order valence-corrected chi connectivity index (χ4v) is 2.82. The van der Waals surface area contributed by atoms with Gasteiger partial charge in [-0.15, -0.1) is 0 Å². The van der Waals surface area contributed by atoms with Crippen LogP contribution in [0, 0.1) is 0 Å². The minimum Gasteiger partial charge on any atom is -0.335 e. The second-order valence-corrected chi connectivity index (χ2v) is 6.15. The standard InChI is InChI=1S/C19H23N5O/c1-5-24-13-17(18(21-24)16-11-20-22(3)12-16)19(25)23(4)14(2)15-9-7-6-8-10-15/h6-14H,5H2,1-4H3/t14-/m0/s1. The van der Waals surface area contributed by atoms with E-state index in [-0.39, 0.29) is 11.9 Å². The molecule has 0 fully saturated rings. The topological polar surface area (TPSA) is 56.0 Å². The maximum atomic E-state index is 13.1. The van der Waals surface area contributed by atoms with Crippen molar-refractivity contribution in [3.8, 4) is 11.3 Å². The van der Waals surface area contributed by atoms with Gasteiger partial charge in [-0.1, -0.05) is 30.3 Å². The van der Waals surface area contributed by atoms with E-state index in [9.17, 15) is 4.79 Å². The van der Waals surface area contributed by atoms with Gasteiger partial charge < -0.3 is 4.90 Å². The molecule has 6 heteroatoms. The van der Waals surface area contributed by atoms with E-state index < -0.39 is 0 Å². The van der Waals surface area contributed by atoms with Crippen molar-refractivity contribution in [2.75, 3.05) is 7.05 Å². The van der Waals surface area contributed by atoms with Gasteiger partial charge in [0.2, 0.25) is 0 Å². The monoisotopic (exact) mass is 337 g/mol. The molecule has 1 amide bonds. The molecule has 0 aliphatic carbocycles. The third-order valence-corrected chi connectivity index (χ3v) is 4.48. The molecular weight excluding hydrogens is 314 g/mol. The van der Waals surface area contributed by atoms with E-state index in [1.807, 2.05) is 70.7 Å². The number of carbonyl (C=O) groups excluding carboxylic acids is 1. The Balaban J connectivity index is 1.95. The molecule has 1 aromatic carbocycles. The summed E-state index contributed by atoms with van der Waals surface area (Å²) >= 11 is 0. The Kier molecular flexibility index (Phi) is 4.70. The predicted octanol–water partition coefficient (Wildman–Crippen LogP) is 3.14. The van der Waals surface area contributed by atoms with Crippen LogP contribution in [0.25, 0.3) is 11.3 Å². The Morgan fingerprint density at radius 1 is 1.24 bits per heavy atom. The number of nitrogens with zero attached hydrogens (tertiary/aromatic N) is 5. The van der Waals surface area contributed by atoms with Crippen molar-refractivity contribution in [2.45, 2.75) is 26.4 Å². The van der Waals surface area contributed by atoms with Gasteiger partial charge in [0.05, 0.1) is 17.8 Å². The van der Waals surface area contributed by atoms with Crippen LogP contribution in [0.15, 0.2) is 48.9 Å². The number of rotatable bonds is 5. The lowest BCUT2D eigenvalue weighted by atomic mass is 10.1. The van der Waals surface area contributed by atoms with E-state index in [1.165, 1.54) is 0 Å². The third kappa shape index (κ3) is 3.33. The second-order valence-electron chi connectivity index (χ2n) is 6.15. The summed E-state index contributed by atoms with van der Waals surface area (Å²) in [6.45, 7) is 4.74. The predicted molar refractivity (Wildman–Crippen MR) is 97.1 cm³/mol. The van der Waals surface area contributed by atoms with E-state index in [2.05, 4.69) is 10.2 Å². The van der Waals surface area contributed by atoms with Gasteiger partial charge in [0.25, 0.3) is 5.91 Å². The molecule has 0 saturated heterocycles. The van der Waals surface area contributed by atoms with E-state index in [0.29, 0.717) is 17.8 Å². The van der Waals surface area contributed by atoms with Crippen LogP contribution in [0.2, 0.25) is 0 Å². The Morgan fingerprint density at radius 3 is 2.56 bits per heavy atom. The lowest BCUT2D eigenvalue weighted by Crippen LogP contribution is -2.29. The molecule has 1 atom stereocenters. The maximum absolute atomic E-state index is 13.1. The van der Waals surface area contributed by atoms with Crippen molar-refractivity contribution >= 4 is 5.91 Å². The highest BCUT2D eigenvalue weighted by Gasteiger charge is 2.24. The van der Waals surface area contributed by atoms with Crippen LogP contribution >= 0.6 is 0 Å². The van der Waals surface area contributed by atoms with Crippen molar-refractivity contribution in [1.29, 1.82) is 0 Å². The highest BCUT2D eigenvalue weighted by molar-refractivity contribution is 5.99. The Hall–Kier alpha value is -2.89. The number of hydrogen-bond donors (Lipinski definition) is 0. The first kappa shape index (κ1) is 17.0. The summed E-state index contributed by atoms with van der Waals surface area (Å²) in [6.07, 6.45) is 5.43. The molecule has 0 aliphatic heterocycles. The number of benzene rings is 1. The highest BCUT2D eigenvalue weighted by Crippen LogP contribution is 2.26. The molecule has 0 N–H and O–H groups in total. The summed E-state index contributed by atoms with van der Waals surface area (Å²) in [6, 6.07) is 9.99. The number of hydrogen-bond acceptors (Lipinski definition) is 3. The van der Waals surface area contributed by atoms with Gasteiger partial charge >= 0.3 is 0 Å². The van der Waals surface area contributed by atoms with Gasteiger partial charge in [-0.05, 0) is 19.4 Å². The van der Waals surface area contributed by atoms with E-state index in [0.717, 1.165) is 11.1 Å². The van der Waals surface area contributed by atoms with Crippen LogP contribution < -0.4 is 0 Å². The van der Waals surface area contributed by atoms with Crippen molar-refractivity contribution in [2.24, 2.45) is 7.05 Å². The Morgan fingerprint density at radius 2 is 1.96 bits per heavy atom. The summed E-state index contributed by atoms with van der Waals surface area (Å²) in [4.78, 5) is 14.9. The number of aromatic nitrogens is 4. The summed E-state index contributed by atoms with van der Waals surface area (Å²) in [7, 11) is 3.68. The van der Waals surface area contributed by atoms with Gasteiger partial charge in [-0.3, -0.25) is 14.2 Å². The lowest BCUT2D eigenvalue weighted by Gasteiger charge is -2.25. The largest absolute Gasteiger partial charge is 0.335 e. The number of aryl methyl sites for hydroxylation is 2. The van der Waals surface area contributed by atoms with E-state index >= 15 is 0 Å². The molecule has 25 heavy (non-hydrogen) atoms. The van der Waals surface area contributed by atoms with E-state index in [1.54, 1.807) is 20.5 Å². The molecule has 2 heterocycles. The highest BCUT2D eigenvalue weighted by atomic mass is 16.2. The Labute approximate surface area is 147 Å². The molecule has 2 aromatic heterocycles. The third-order valence-electron chi connectivity index (χ3n) is 4.48. The molecule has 130 valence electrons.